The van der Waals surface area contributed by atoms with Crippen molar-refractivity contribution >= 4 is 17.5 Å². The van der Waals surface area contributed by atoms with E-state index in [9.17, 15) is 9.59 Å². The molecule has 1 aromatic rings. The van der Waals surface area contributed by atoms with Gasteiger partial charge >= 0.3 is 0 Å². The lowest BCUT2D eigenvalue weighted by molar-refractivity contribution is -0.137. The quantitative estimate of drug-likeness (QED) is 0.814. The van der Waals surface area contributed by atoms with Crippen molar-refractivity contribution in [3.63, 3.8) is 0 Å². The third kappa shape index (κ3) is 3.49. The second-order valence-electron chi connectivity index (χ2n) is 8.60. The van der Waals surface area contributed by atoms with Gasteiger partial charge in [0.1, 0.15) is 5.75 Å². The van der Waals surface area contributed by atoms with Gasteiger partial charge in [-0.3, -0.25) is 9.59 Å². The van der Waals surface area contributed by atoms with E-state index in [-0.39, 0.29) is 23.3 Å². The first-order chi connectivity index (χ1) is 12.9. The Morgan fingerprint density at radius 2 is 2.00 bits per heavy atom. The van der Waals surface area contributed by atoms with Crippen molar-refractivity contribution in [2.45, 2.75) is 44.7 Å². The summed E-state index contributed by atoms with van der Waals surface area (Å²) >= 11 is 0. The molecule has 6 heteroatoms. The molecule has 1 aromatic carbocycles. The van der Waals surface area contributed by atoms with Crippen LogP contribution in [0.4, 0.5) is 5.69 Å². The van der Waals surface area contributed by atoms with Gasteiger partial charge in [-0.15, -0.1) is 0 Å². The molecule has 1 saturated carbocycles. The van der Waals surface area contributed by atoms with E-state index >= 15 is 0 Å². The second kappa shape index (κ2) is 6.73. The van der Waals surface area contributed by atoms with E-state index in [4.69, 9.17) is 4.74 Å². The van der Waals surface area contributed by atoms with Crippen molar-refractivity contribution in [2.75, 3.05) is 38.2 Å². The van der Waals surface area contributed by atoms with Crippen LogP contribution in [0.3, 0.4) is 0 Å². The van der Waals surface area contributed by atoms with Crippen LogP contribution in [-0.4, -0.2) is 66.5 Å². The van der Waals surface area contributed by atoms with Gasteiger partial charge in [-0.25, -0.2) is 0 Å². The predicted molar refractivity (Wildman–Crippen MR) is 104 cm³/mol. The van der Waals surface area contributed by atoms with Gasteiger partial charge in [0.25, 0.3) is 0 Å². The number of likely N-dealkylation sites (tertiary alicyclic amines) is 1. The summed E-state index contributed by atoms with van der Waals surface area (Å²) in [6, 6.07) is 8.47. The number of ether oxygens (including phenoxy) is 1. The van der Waals surface area contributed by atoms with Gasteiger partial charge in [-0.2, -0.15) is 0 Å². The molecule has 0 bridgehead atoms. The minimum atomic E-state index is -0.181. The number of anilines is 1. The van der Waals surface area contributed by atoms with Crippen molar-refractivity contribution in [1.29, 1.82) is 0 Å². The van der Waals surface area contributed by atoms with E-state index in [0.29, 0.717) is 32.1 Å². The Hall–Kier alpha value is -2.24. The summed E-state index contributed by atoms with van der Waals surface area (Å²) in [5, 5.41) is 0. The van der Waals surface area contributed by atoms with E-state index in [1.165, 1.54) is 0 Å². The standard InChI is InChI=1S/C21H29N3O3/c1-21(2)14-22(9-10-24(21)17-5-4-6-18(12-17)27-3)20(26)15-11-19(25)23(13-15)16-7-8-16/h4-6,12,15-16H,7-11,13-14H2,1-3H3. The molecule has 146 valence electrons. The fraction of sp³-hybridized carbons (Fsp3) is 0.619. The molecule has 0 spiro atoms. The number of piperazine rings is 1. The summed E-state index contributed by atoms with van der Waals surface area (Å²) < 4.78 is 5.36. The molecule has 27 heavy (non-hydrogen) atoms. The van der Waals surface area contributed by atoms with Gasteiger partial charge in [0, 0.05) is 50.4 Å². The number of hydrogen-bond donors (Lipinski definition) is 0. The van der Waals surface area contributed by atoms with E-state index in [0.717, 1.165) is 30.8 Å². The van der Waals surface area contributed by atoms with E-state index < -0.39 is 0 Å². The Bertz CT molecular complexity index is 744. The third-order valence-electron chi connectivity index (χ3n) is 6.07. The number of hydrogen-bond acceptors (Lipinski definition) is 4. The number of benzene rings is 1. The molecular weight excluding hydrogens is 342 g/mol. The van der Waals surface area contributed by atoms with Crippen molar-refractivity contribution < 1.29 is 14.3 Å². The summed E-state index contributed by atoms with van der Waals surface area (Å²) in [6.07, 6.45) is 2.57. The zero-order chi connectivity index (χ0) is 19.2. The second-order valence-corrected chi connectivity index (χ2v) is 8.60. The molecule has 2 aliphatic heterocycles. The number of methoxy groups -OCH3 is 1. The lowest BCUT2D eigenvalue weighted by Gasteiger charge is -2.49. The molecule has 0 radical (unpaired) electrons. The summed E-state index contributed by atoms with van der Waals surface area (Å²) in [5.41, 5.74) is 0.932. The number of rotatable bonds is 4. The molecule has 1 aliphatic carbocycles. The molecule has 2 saturated heterocycles. The van der Waals surface area contributed by atoms with Crippen LogP contribution in [-0.2, 0) is 9.59 Å². The zero-order valence-electron chi connectivity index (χ0n) is 16.5. The highest BCUT2D eigenvalue weighted by molar-refractivity contribution is 5.89. The van der Waals surface area contributed by atoms with Gasteiger partial charge in [-0.05, 0) is 38.8 Å². The van der Waals surface area contributed by atoms with Gasteiger partial charge in [-0.1, -0.05) is 6.07 Å². The summed E-state index contributed by atoms with van der Waals surface area (Å²) in [6.45, 7) is 7.08. The number of carbonyl (C=O) groups is 2. The molecule has 1 atom stereocenters. The molecule has 2 amide bonds. The molecule has 2 heterocycles. The Morgan fingerprint density at radius 3 is 2.67 bits per heavy atom. The largest absolute Gasteiger partial charge is 0.497 e. The van der Waals surface area contributed by atoms with Crippen molar-refractivity contribution in [3.8, 4) is 5.75 Å². The first kappa shape index (κ1) is 18.1. The zero-order valence-corrected chi connectivity index (χ0v) is 16.5. The minimum absolute atomic E-state index is 0.143. The minimum Gasteiger partial charge on any atom is -0.497 e. The Balaban J connectivity index is 1.44. The number of nitrogens with zero attached hydrogens (tertiary/aromatic N) is 3. The predicted octanol–water partition coefficient (Wildman–Crippen LogP) is 2.13. The molecule has 4 rings (SSSR count). The lowest BCUT2D eigenvalue weighted by atomic mass is 9.96. The van der Waals surface area contributed by atoms with Crippen LogP contribution in [0.5, 0.6) is 5.75 Å². The van der Waals surface area contributed by atoms with Crippen LogP contribution < -0.4 is 9.64 Å². The average Bonchev–Trinajstić information content (AvgIpc) is 3.42. The first-order valence-electron chi connectivity index (χ1n) is 9.89. The van der Waals surface area contributed by atoms with Crippen LogP contribution in [0, 0.1) is 5.92 Å². The van der Waals surface area contributed by atoms with Crippen LogP contribution in [0.15, 0.2) is 24.3 Å². The van der Waals surface area contributed by atoms with Gasteiger partial charge in [0.15, 0.2) is 0 Å². The maximum absolute atomic E-state index is 13.1. The first-order valence-corrected chi connectivity index (χ1v) is 9.89. The fourth-order valence-corrected chi connectivity index (χ4v) is 4.49. The third-order valence-corrected chi connectivity index (χ3v) is 6.07. The van der Waals surface area contributed by atoms with Crippen LogP contribution >= 0.6 is 0 Å². The maximum atomic E-state index is 13.1. The van der Waals surface area contributed by atoms with Crippen molar-refractivity contribution in [3.05, 3.63) is 24.3 Å². The smallest absolute Gasteiger partial charge is 0.228 e. The van der Waals surface area contributed by atoms with Crippen LogP contribution in [0.2, 0.25) is 0 Å². The molecule has 6 nitrogen and oxygen atoms in total. The Labute approximate surface area is 161 Å². The SMILES string of the molecule is COc1cccc(N2CCN(C(=O)C3CC(=O)N(C4CC4)C3)CC2(C)C)c1. The molecule has 1 unspecified atom stereocenters. The van der Waals surface area contributed by atoms with E-state index in [1.807, 2.05) is 28.0 Å². The summed E-state index contributed by atoms with van der Waals surface area (Å²) in [7, 11) is 1.68. The molecule has 0 aromatic heterocycles. The van der Waals surface area contributed by atoms with Crippen LogP contribution in [0.25, 0.3) is 0 Å². The highest BCUT2D eigenvalue weighted by Crippen LogP contribution is 2.35. The van der Waals surface area contributed by atoms with Gasteiger partial charge < -0.3 is 19.4 Å². The Kier molecular flexibility index (Phi) is 4.52. The normalized spacial score (nSPS) is 25.1. The molecule has 3 fully saturated rings. The maximum Gasteiger partial charge on any atom is 0.228 e. The fourth-order valence-electron chi connectivity index (χ4n) is 4.49. The van der Waals surface area contributed by atoms with E-state index in [2.05, 4.69) is 24.8 Å². The highest BCUT2D eigenvalue weighted by atomic mass is 16.5. The highest BCUT2D eigenvalue weighted by Gasteiger charge is 2.44. The average molecular weight is 371 g/mol. The van der Waals surface area contributed by atoms with Crippen molar-refractivity contribution in [2.24, 2.45) is 5.92 Å². The van der Waals surface area contributed by atoms with Crippen molar-refractivity contribution in [1.82, 2.24) is 9.80 Å². The monoisotopic (exact) mass is 371 g/mol. The molecule has 0 N–H and O–H groups in total. The number of carbonyl (C=O) groups excluding carboxylic acids is 2. The molecule has 3 aliphatic rings. The number of amides is 2. The Morgan fingerprint density at radius 1 is 1.22 bits per heavy atom. The van der Waals surface area contributed by atoms with Crippen LogP contribution in [0.1, 0.15) is 33.1 Å². The molecular formula is C21H29N3O3. The topological polar surface area (TPSA) is 53.1 Å². The summed E-state index contributed by atoms with van der Waals surface area (Å²) in [5.74, 6) is 0.971. The van der Waals surface area contributed by atoms with E-state index in [1.54, 1.807) is 7.11 Å². The lowest BCUT2D eigenvalue weighted by Crippen LogP contribution is -2.61. The van der Waals surface area contributed by atoms with Gasteiger partial charge in [0.05, 0.1) is 18.6 Å². The van der Waals surface area contributed by atoms with Gasteiger partial charge in [0.2, 0.25) is 11.8 Å². The summed E-state index contributed by atoms with van der Waals surface area (Å²) in [4.78, 5) is 31.5.